The van der Waals surface area contributed by atoms with Crippen molar-refractivity contribution in [3.05, 3.63) is 17.7 Å². The van der Waals surface area contributed by atoms with Crippen LogP contribution in [0.2, 0.25) is 0 Å². The van der Waals surface area contributed by atoms with Gasteiger partial charge in [0.2, 0.25) is 0 Å². The highest BCUT2D eigenvalue weighted by Crippen LogP contribution is 2.40. The van der Waals surface area contributed by atoms with Gasteiger partial charge in [0, 0.05) is 18.2 Å². The molecule has 0 saturated heterocycles. The first-order valence-electron chi connectivity index (χ1n) is 7.64. The fraction of sp³-hybridized carbons (Fsp3) is 0.647. The number of nitrogens with one attached hydrogen (secondary N) is 1. The lowest BCUT2D eigenvalue weighted by molar-refractivity contribution is 0.342. The van der Waals surface area contributed by atoms with Crippen molar-refractivity contribution in [2.24, 2.45) is 5.92 Å². The fourth-order valence-electron chi connectivity index (χ4n) is 2.49. The van der Waals surface area contributed by atoms with Crippen LogP contribution in [0, 0.1) is 5.92 Å². The fourth-order valence-corrected chi connectivity index (χ4v) is 2.49. The highest BCUT2D eigenvalue weighted by Gasteiger charge is 2.23. The van der Waals surface area contributed by atoms with E-state index < -0.39 is 0 Å². The molecule has 1 rings (SSSR count). The van der Waals surface area contributed by atoms with Crippen molar-refractivity contribution in [3.63, 3.8) is 0 Å². The molecule has 0 bridgehead atoms. The quantitative estimate of drug-likeness (QED) is 0.752. The van der Waals surface area contributed by atoms with Crippen molar-refractivity contribution in [2.45, 2.75) is 39.7 Å². The molecular formula is C17H29NO3. The number of benzene rings is 1. The summed E-state index contributed by atoms with van der Waals surface area (Å²) in [6.07, 6.45) is 2.20. The number of rotatable bonds is 9. The normalized spacial score (nSPS) is 13.6. The maximum atomic E-state index is 5.57. The van der Waals surface area contributed by atoms with Crippen LogP contribution in [0.5, 0.6) is 17.2 Å². The summed E-state index contributed by atoms with van der Waals surface area (Å²) in [6, 6.07) is 4.04. The Hall–Kier alpha value is -1.42. The van der Waals surface area contributed by atoms with E-state index in [1.165, 1.54) is 0 Å². The highest BCUT2D eigenvalue weighted by molar-refractivity contribution is 5.52. The zero-order valence-electron chi connectivity index (χ0n) is 14.2. The van der Waals surface area contributed by atoms with Crippen molar-refractivity contribution in [1.82, 2.24) is 5.32 Å². The van der Waals surface area contributed by atoms with Crippen molar-refractivity contribution in [1.29, 1.82) is 0 Å². The van der Waals surface area contributed by atoms with Gasteiger partial charge in [0.1, 0.15) is 17.2 Å². The van der Waals surface area contributed by atoms with Gasteiger partial charge < -0.3 is 19.5 Å². The third-order valence-electron chi connectivity index (χ3n) is 3.89. The average Bonchev–Trinajstić information content (AvgIpc) is 2.52. The molecule has 1 N–H and O–H groups in total. The van der Waals surface area contributed by atoms with E-state index in [-0.39, 0.29) is 6.04 Å². The van der Waals surface area contributed by atoms with E-state index in [4.69, 9.17) is 14.2 Å². The van der Waals surface area contributed by atoms with Gasteiger partial charge in [-0.25, -0.2) is 0 Å². The molecule has 0 heterocycles. The zero-order valence-corrected chi connectivity index (χ0v) is 14.2. The van der Waals surface area contributed by atoms with Gasteiger partial charge in [-0.2, -0.15) is 0 Å². The minimum absolute atomic E-state index is 0.209. The Morgan fingerprint density at radius 3 is 1.95 bits per heavy atom. The largest absolute Gasteiger partial charge is 0.496 e. The lowest BCUT2D eigenvalue weighted by Crippen LogP contribution is -2.24. The first-order chi connectivity index (χ1) is 10.1. The molecule has 0 spiro atoms. The minimum Gasteiger partial charge on any atom is -0.496 e. The predicted octanol–water partition coefficient (Wildman–Crippen LogP) is 3.80. The molecule has 4 heteroatoms. The molecule has 0 aliphatic carbocycles. The van der Waals surface area contributed by atoms with E-state index in [2.05, 4.69) is 26.1 Å². The molecule has 120 valence electrons. The molecule has 0 fully saturated rings. The minimum atomic E-state index is 0.209. The maximum absolute atomic E-state index is 5.57. The third-order valence-corrected chi connectivity index (χ3v) is 3.89. The second-order valence-corrected chi connectivity index (χ2v) is 5.30. The summed E-state index contributed by atoms with van der Waals surface area (Å²) in [5.41, 5.74) is 1.07. The molecule has 0 radical (unpaired) electrons. The van der Waals surface area contributed by atoms with Crippen molar-refractivity contribution in [3.8, 4) is 17.2 Å². The van der Waals surface area contributed by atoms with Crippen LogP contribution >= 0.6 is 0 Å². The summed E-state index contributed by atoms with van der Waals surface area (Å²) in [5.74, 6) is 2.98. The van der Waals surface area contributed by atoms with Crippen LogP contribution in [0.4, 0.5) is 0 Å². The number of hydrogen-bond acceptors (Lipinski definition) is 4. The van der Waals surface area contributed by atoms with Gasteiger partial charge >= 0.3 is 0 Å². The molecule has 21 heavy (non-hydrogen) atoms. The van der Waals surface area contributed by atoms with Gasteiger partial charge in [-0.15, -0.1) is 0 Å². The predicted molar refractivity (Wildman–Crippen MR) is 86.6 cm³/mol. The van der Waals surface area contributed by atoms with Gasteiger partial charge in [0.05, 0.1) is 26.9 Å². The summed E-state index contributed by atoms with van der Waals surface area (Å²) in [4.78, 5) is 0. The molecule has 0 saturated carbocycles. The Kier molecular flexibility index (Phi) is 7.37. The van der Waals surface area contributed by atoms with E-state index in [9.17, 15) is 0 Å². The Morgan fingerprint density at radius 2 is 1.57 bits per heavy atom. The molecule has 2 unspecified atom stereocenters. The van der Waals surface area contributed by atoms with Gasteiger partial charge in [-0.05, 0) is 18.9 Å². The van der Waals surface area contributed by atoms with Crippen LogP contribution < -0.4 is 19.5 Å². The first kappa shape index (κ1) is 17.6. The molecular weight excluding hydrogens is 266 g/mol. The number of hydrogen-bond donors (Lipinski definition) is 1. The van der Waals surface area contributed by atoms with Crippen molar-refractivity contribution in [2.75, 3.05) is 27.9 Å². The van der Waals surface area contributed by atoms with E-state index in [1.54, 1.807) is 21.3 Å². The maximum Gasteiger partial charge on any atom is 0.131 e. The van der Waals surface area contributed by atoms with Gasteiger partial charge in [-0.1, -0.05) is 27.2 Å². The molecule has 0 amide bonds. The lowest BCUT2D eigenvalue weighted by atomic mass is 9.93. The molecule has 1 aromatic rings. The van der Waals surface area contributed by atoms with E-state index in [1.807, 2.05) is 12.1 Å². The lowest BCUT2D eigenvalue weighted by Gasteiger charge is -2.25. The monoisotopic (exact) mass is 295 g/mol. The molecule has 0 aliphatic heterocycles. The van der Waals surface area contributed by atoms with Gasteiger partial charge in [0.25, 0.3) is 0 Å². The Labute approximate surface area is 128 Å². The van der Waals surface area contributed by atoms with Gasteiger partial charge in [-0.3, -0.25) is 0 Å². The van der Waals surface area contributed by atoms with Crippen molar-refractivity contribution >= 4 is 0 Å². The van der Waals surface area contributed by atoms with E-state index in [0.29, 0.717) is 5.92 Å². The Morgan fingerprint density at radius 1 is 1.00 bits per heavy atom. The number of methoxy groups -OCH3 is 3. The Balaban J connectivity index is 3.26. The third kappa shape index (κ3) is 4.53. The first-order valence-corrected chi connectivity index (χ1v) is 7.64. The van der Waals surface area contributed by atoms with E-state index in [0.717, 1.165) is 42.2 Å². The highest BCUT2D eigenvalue weighted by atomic mass is 16.5. The molecule has 1 aromatic carbocycles. The van der Waals surface area contributed by atoms with Crippen LogP contribution in [0.15, 0.2) is 12.1 Å². The topological polar surface area (TPSA) is 39.7 Å². The van der Waals surface area contributed by atoms with Crippen LogP contribution in [-0.4, -0.2) is 27.9 Å². The smallest absolute Gasteiger partial charge is 0.131 e. The van der Waals surface area contributed by atoms with Crippen LogP contribution in [0.25, 0.3) is 0 Å². The molecule has 2 atom stereocenters. The van der Waals surface area contributed by atoms with Crippen LogP contribution in [0.3, 0.4) is 0 Å². The standard InChI is InChI=1S/C17H29NO3/c1-7-12(3)9-14(18-8-2)17-15(20-5)10-13(19-4)11-16(17)21-6/h10-12,14,18H,7-9H2,1-6H3. The summed E-state index contributed by atoms with van der Waals surface area (Å²) in [5, 5.41) is 3.55. The second kappa shape index (κ2) is 8.78. The Bertz CT molecular complexity index is 409. The summed E-state index contributed by atoms with van der Waals surface area (Å²) in [7, 11) is 5.02. The van der Waals surface area contributed by atoms with Crippen molar-refractivity contribution < 1.29 is 14.2 Å². The SMILES string of the molecule is CCNC(CC(C)CC)c1c(OC)cc(OC)cc1OC. The second-order valence-electron chi connectivity index (χ2n) is 5.30. The molecule has 0 aliphatic rings. The molecule has 4 nitrogen and oxygen atoms in total. The molecule has 0 aromatic heterocycles. The average molecular weight is 295 g/mol. The summed E-state index contributed by atoms with van der Waals surface area (Å²) >= 11 is 0. The summed E-state index contributed by atoms with van der Waals surface area (Å²) in [6.45, 7) is 7.51. The van der Waals surface area contributed by atoms with Crippen LogP contribution in [-0.2, 0) is 0 Å². The van der Waals surface area contributed by atoms with Crippen LogP contribution in [0.1, 0.15) is 45.2 Å². The van der Waals surface area contributed by atoms with Gasteiger partial charge in [0.15, 0.2) is 0 Å². The van der Waals surface area contributed by atoms with E-state index >= 15 is 0 Å². The zero-order chi connectivity index (χ0) is 15.8. The number of ether oxygens (including phenoxy) is 3. The summed E-state index contributed by atoms with van der Waals surface area (Å²) < 4.78 is 16.5.